The molecule has 2 aromatic heterocycles. The first-order valence-electron chi connectivity index (χ1n) is 5.34. The standard InChI is InChI=1S/C11H8BrF2N5/c12-5-1-3-6(4-2-5)19-11-7(10(15)16-17-11)8(18-19)9(13)14/h1-4,9H,(H3,15,16,17). The molecule has 0 atom stereocenters. The SMILES string of the molecule is Nc1[nH]nc2c1c(C(F)F)nn2-c1ccc(Br)cc1. The molecule has 0 saturated heterocycles. The fourth-order valence-electron chi connectivity index (χ4n) is 1.87. The number of aromatic amines is 1. The van der Waals surface area contributed by atoms with E-state index in [1.54, 1.807) is 24.3 Å². The van der Waals surface area contributed by atoms with Gasteiger partial charge >= 0.3 is 0 Å². The predicted molar refractivity (Wildman–Crippen MR) is 70.3 cm³/mol. The quantitative estimate of drug-likeness (QED) is 0.759. The molecule has 0 unspecified atom stereocenters. The summed E-state index contributed by atoms with van der Waals surface area (Å²) in [5.74, 6) is 0.0914. The zero-order valence-corrected chi connectivity index (χ0v) is 11.0. The summed E-state index contributed by atoms with van der Waals surface area (Å²) in [5.41, 5.74) is 6.17. The molecule has 98 valence electrons. The minimum absolute atomic E-state index is 0.0914. The maximum absolute atomic E-state index is 13.0. The number of nitrogens with zero attached hydrogens (tertiary/aromatic N) is 3. The number of halogens is 3. The third kappa shape index (κ3) is 1.88. The van der Waals surface area contributed by atoms with Crippen LogP contribution < -0.4 is 5.73 Å². The minimum atomic E-state index is -2.71. The van der Waals surface area contributed by atoms with Crippen molar-refractivity contribution in [2.45, 2.75) is 6.43 Å². The molecule has 0 amide bonds. The zero-order chi connectivity index (χ0) is 13.6. The molecule has 0 aliphatic rings. The molecule has 8 heteroatoms. The number of rotatable bonds is 2. The second-order valence-electron chi connectivity index (χ2n) is 3.91. The first-order chi connectivity index (χ1) is 9.08. The van der Waals surface area contributed by atoms with Crippen LogP contribution in [0.5, 0.6) is 0 Å². The van der Waals surface area contributed by atoms with Crippen molar-refractivity contribution in [2.24, 2.45) is 0 Å². The number of hydrogen-bond donors (Lipinski definition) is 2. The molecule has 1 aromatic carbocycles. The van der Waals surface area contributed by atoms with Crippen LogP contribution in [0.2, 0.25) is 0 Å². The Balaban J connectivity index is 2.27. The van der Waals surface area contributed by atoms with Gasteiger partial charge in [-0.25, -0.2) is 13.5 Å². The fourth-order valence-corrected chi connectivity index (χ4v) is 2.14. The lowest BCUT2D eigenvalue weighted by Crippen LogP contribution is -1.99. The average Bonchev–Trinajstić information content (AvgIpc) is 2.92. The summed E-state index contributed by atoms with van der Waals surface area (Å²) < 4.78 is 28.2. The van der Waals surface area contributed by atoms with E-state index >= 15 is 0 Å². The zero-order valence-electron chi connectivity index (χ0n) is 9.44. The van der Waals surface area contributed by atoms with Crippen molar-refractivity contribution >= 4 is 32.8 Å². The minimum Gasteiger partial charge on any atom is -0.383 e. The van der Waals surface area contributed by atoms with Gasteiger partial charge in [0.15, 0.2) is 5.65 Å². The summed E-state index contributed by atoms with van der Waals surface area (Å²) in [4.78, 5) is 0. The molecule has 0 aliphatic heterocycles. The Hall–Kier alpha value is -1.96. The molecule has 3 aromatic rings. The van der Waals surface area contributed by atoms with Crippen LogP contribution in [0.25, 0.3) is 16.7 Å². The van der Waals surface area contributed by atoms with Crippen LogP contribution in [0, 0.1) is 0 Å². The lowest BCUT2D eigenvalue weighted by molar-refractivity contribution is 0.147. The Kier molecular flexibility index (Phi) is 2.74. The molecule has 5 nitrogen and oxygen atoms in total. The number of hydrogen-bond acceptors (Lipinski definition) is 3. The predicted octanol–water partition coefficient (Wildman–Crippen LogP) is 3.03. The van der Waals surface area contributed by atoms with Crippen LogP contribution >= 0.6 is 15.9 Å². The maximum atomic E-state index is 13.0. The summed E-state index contributed by atoms with van der Waals surface area (Å²) >= 11 is 3.31. The summed E-state index contributed by atoms with van der Waals surface area (Å²) in [6.45, 7) is 0. The first-order valence-corrected chi connectivity index (χ1v) is 6.14. The largest absolute Gasteiger partial charge is 0.383 e. The Labute approximate surface area is 114 Å². The van der Waals surface area contributed by atoms with Crippen molar-refractivity contribution in [3.8, 4) is 5.69 Å². The van der Waals surface area contributed by atoms with Crippen molar-refractivity contribution in [1.82, 2.24) is 20.0 Å². The topological polar surface area (TPSA) is 72.5 Å². The number of H-pyrrole nitrogens is 1. The first kappa shape index (κ1) is 12.1. The number of aromatic nitrogens is 4. The number of fused-ring (bicyclic) bond motifs is 1. The van der Waals surface area contributed by atoms with Crippen LogP contribution in [-0.4, -0.2) is 20.0 Å². The Morgan fingerprint density at radius 3 is 2.58 bits per heavy atom. The second-order valence-corrected chi connectivity index (χ2v) is 4.83. The Bertz CT molecular complexity index is 731. The molecule has 0 radical (unpaired) electrons. The van der Waals surface area contributed by atoms with Gasteiger partial charge in [-0.05, 0) is 24.3 Å². The molecule has 3 rings (SSSR count). The number of nitrogens with one attached hydrogen (secondary N) is 1. The summed E-state index contributed by atoms with van der Waals surface area (Å²) in [6, 6.07) is 7.08. The lowest BCUT2D eigenvalue weighted by Gasteiger charge is -2.01. The molecule has 0 spiro atoms. The van der Waals surface area contributed by atoms with Crippen LogP contribution in [0.15, 0.2) is 28.7 Å². The lowest BCUT2D eigenvalue weighted by atomic mass is 10.3. The van der Waals surface area contributed by atoms with Gasteiger partial charge in [-0.1, -0.05) is 15.9 Å². The highest BCUT2D eigenvalue weighted by atomic mass is 79.9. The van der Waals surface area contributed by atoms with Gasteiger partial charge in [-0.3, -0.25) is 5.10 Å². The van der Waals surface area contributed by atoms with Gasteiger partial charge in [0.2, 0.25) is 0 Å². The number of alkyl halides is 2. The molecule has 0 fully saturated rings. The van der Waals surface area contributed by atoms with E-state index in [1.165, 1.54) is 4.68 Å². The summed E-state index contributed by atoms with van der Waals surface area (Å²) in [6.07, 6.45) is -2.71. The van der Waals surface area contributed by atoms with Crippen LogP contribution in [-0.2, 0) is 0 Å². The van der Waals surface area contributed by atoms with Gasteiger partial charge < -0.3 is 5.73 Å². The molecule has 2 heterocycles. The molecule has 0 bridgehead atoms. The van der Waals surface area contributed by atoms with E-state index < -0.39 is 6.43 Å². The molecule has 0 saturated carbocycles. The monoisotopic (exact) mass is 327 g/mol. The Morgan fingerprint density at radius 1 is 1.26 bits per heavy atom. The van der Waals surface area contributed by atoms with Crippen LogP contribution in [0.4, 0.5) is 14.6 Å². The van der Waals surface area contributed by atoms with E-state index in [9.17, 15) is 8.78 Å². The second kappa shape index (κ2) is 4.30. The van der Waals surface area contributed by atoms with Gasteiger partial charge in [0, 0.05) is 4.47 Å². The van der Waals surface area contributed by atoms with Gasteiger partial charge in [0.05, 0.1) is 11.1 Å². The number of nitrogen functional groups attached to an aromatic ring is 1. The maximum Gasteiger partial charge on any atom is 0.282 e. The molecule has 3 N–H and O–H groups in total. The number of benzene rings is 1. The highest BCUT2D eigenvalue weighted by Gasteiger charge is 2.23. The molecule has 0 aliphatic carbocycles. The third-order valence-corrected chi connectivity index (χ3v) is 3.25. The fraction of sp³-hybridized carbons (Fsp3) is 0.0909. The smallest absolute Gasteiger partial charge is 0.282 e. The normalized spacial score (nSPS) is 11.6. The Morgan fingerprint density at radius 2 is 1.95 bits per heavy atom. The van der Waals surface area contributed by atoms with Gasteiger partial charge in [0.1, 0.15) is 11.5 Å². The van der Waals surface area contributed by atoms with Gasteiger partial charge in [-0.2, -0.15) is 10.2 Å². The van der Waals surface area contributed by atoms with Crippen LogP contribution in [0.1, 0.15) is 12.1 Å². The van der Waals surface area contributed by atoms with Crippen molar-refractivity contribution < 1.29 is 8.78 Å². The highest BCUT2D eigenvalue weighted by Crippen LogP contribution is 2.31. The van der Waals surface area contributed by atoms with E-state index in [0.717, 1.165) is 4.47 Å². The van der Waals surface area contributed by atoms with E-state index in [4.69, 9.17) is 5.73 Å². The third-order valence-electron chi connectivity index (χ3n) is 2.72. The van der Waals surface area contributed by atoms with E-state index in [0.29, 0.717) is 5.69 Å². The van der Waals surface area contributed by atoms with Gasteiger partial charge in [0.25, 0.3) is 6.43 Å². The average molecular weight is 328 g/mol. The van der Waals surface area contributed by atoms with E-state index in [2.05, 4.69) is 31.2 Å². The van der Waals surface area contributed by atoms with Crippen molar-refractivity contribution in [1.29, 1.82) is 0 Å². The summed E-state index contributed by atoms with van der Waals surface area (Å²) in [7, 11) is 0. The molecular weight excluding hydrogens is 320 g/mol. The summed E-state index contributed by atoms with van der Waals surface area (Å²) in [5, 5.41) is 10.5. The molecule has 19 heavy (non-hydrogen) atoms. The number of anilines is 1. The van der Waals surface area contributed by atoms with E-state index in [-0.39, 0.29) is 22.5 Å². The van der Waals surface area contributed by atoms with Crippen molar-refractivity contribution in [3.05, 3.63) is 34.4 Å². The van der Waals surface area contributed by atoms with E-state index in [1.807, 2.05) is 0 Å². The van der Waals surface area contributed by atoms with Gasteiger partial charge in [-0.15, -0.1) is 0 Å². The number of nitrogens with two attached hydrogens (primary N) is 1. The highest BCUT2D eigenvalue weighted by molar-refractivity contribution is 9.10. The molecular formula is C11H8BrF2N5. The van der Waals surface area contributed by atoms with Crippen molar-refractivity contribution in [3.63, 3.8) is 0 Å². The van der Waals surface area contributed by atoms with Crippen LogP contribution in [0.3, 0.4) is 0 Å². The van der Waals surface area contributed by atoms with Crippen molar-refractivity contribution in [2.75, 3.05) is 5.73 Å².